The van der Waals surface area contributed by atoms with Crippen LogP contribution in [0.25, 0.3) is 10.9 Å². The molecule has 40 heavy (non-hydrogen) atoms. The molecule has 4 rings (SSSR count). The number of halogens is 2. The second kappa shape index (κ2) is 11.9. The number of amides is 3. The number of urea groups is 1. The number of hydrogen-bond acceptors (Lipinski definition) is 10. The quantitative estimate of drug-likeness (QED) is 0.208. The number of rotatable bonds is 10. The van der Waals surface area contributed by atoms with Crippen LogP contribution in [0.5, 0.6) is 5.75 Å². The summed E-state index contributed by atoms with van der Waals surface area (Å²) in [5.74, 6) is -1.20. The van der Waals surface area contributed by atoms with E-state index in [0.717, 1.165) is 4.90 Å². The largest absolute Gasteiger partial charge is 0.462 e. The molecule has 2 saturated heterocycles. The summed E-state index contributed by atoms with van der Waals surface area (Å²) >= 11 is 5.95. The van der Waals surface area contributed by atoms with Crippen LogP contribution in [0.15, 0.2) is 36.5 Å². The van der Waals surface area contributed by atoms with Gasteiger partial charge in [0, 0.05) is 24.5 Å². The van der Waals surface area contributed by atoms with Crippen molar-refractivity contribution in [2.75, 3.05) is 13.2 Å². The van der Waals surface area contributed by atoms with Crippen LogP contribution in [0.2, 0.25) is 0 Å². The van der Waals surface area contributed by atoms with E-state index in [1.54, 1.807) is 44.3 Å². The van der Waals surface area contributed by atoms with Crippen molar-refractivity contribution in [3.63, 3.8) is 0 Å². The molecular formula is C24H29ClFN4O9P. The summed E-state index contributed by atoms with van der Waals surface area (Å²) in [6.07, 6.45) is -4.37. The number of carbonyl (C=O) groups is 3. The molecule has 2 fully saturated rings. The minimum absolute atomic E-state index is 0.100. The molecule has 2 aliphatic rings. The molecule has 3 amide bonds. The monoisotopic (exact) mass is 602 g/mol. The molecule has 0 aliphatic carbocycles. The number of ether oxygens (including phenoxy) is 2. The molecule has 1 unspecified atom stereocenters. The second-order valence-corrected chi connectivity index (χ2v) is 11.8. The van der Waals surface area contributed by atoms with E-state index in [1.165, 1.54) is 13.0 Å². The molecule has 0 radical (unpaired) electrons. The highest BCUT2D eigenvalue weighted by Crippen LogP contribution is 2.48. The Morgan fingerprint density at radius 1 is 1.35 bits per heavy atom. The Hall–Kier alpha value is -2.87. The first-order chi connectivity index (χ1) is 18.8. The summed E-state index contributed by atoms with van der Waals surface area (Å²) in [4.78, 5) is 41.2. The summed E-state index contributed by atoms with van der Waals surface area (Å²) in [6.45, 7) is 3.73. The number of aliphatic hydroxyl groups is 1. The normalized spacial score (nSPS) is 27.4. The van der Waals surface area contributed by atoms with E-state index in [1.807, 2.05) is 5.32 Å². The van der Waals surface area contributed by atoms with E-state index in [-0.39, 0.29) is 18.7 Å². The molecule has 16 heteroatoms. The number of carbonyl (C=O) groups excluding carboxylic acids is 3. The summed E-state index contributed by atoms with van der Waals surface area (Å²) in [5.41, 5.74) is 0.527. The fourth-order valence-electron chi connectivity index (χ4n) is 4.11. The van der Waals surface area contributed by atoms with E-state index in [4.69, 9.17) is 30.1 Å². The van der Waals surface area contributed by atoms with Crippen molar-refractivity contribution < 1.29 is 47.0 Å². The fraction of sp³-hybridized carbons (Fsp3) is 0.500. The van der Waals surface area contributed by atoms with E-state index in [0.29, 0.717) is 10.9 Å². The maximum Gasteiger partial charge on any atom is 0.459 e. The summed E-state index contributed by atoms with van der Waals surface area (Å²) < 4.78 is 51.3. The van der Waals surface area contributed by atoms with Crippen LogP contribution in [0, 0.1) is 0 Å². The van der Waals surface area contributed by atoms with Gasteiger partial charge in [-0.1, -0.05) is 17.7 Å². The Labute approximate surface area is 233 Å². The predicted octanol–water partition coefficient (Wildman–Crippen LogP) is 2.60. The molecule has 218 valence electrons. The zero-order valence-corrected chi connectivity index (χ0v) is 23.4. The average Bonchev–Trinajstić information content (AvgIpc) is 3.11. The fourth-order valence-corrected chi connectivity index (χ4v) is 5.94. The maximum absolute atomic E-state index is 15.4. The highest BCUT2D eigenvalue weighted by Gasteiger charge is 2.60. The van der Waals surface area contributed by atoms with Crippen molar-refractivity contribution >= 4 is 48.2 Å². The number of esters is 1. The molecule has 2 aliphatic heterocycles. The minimum Gasteiger partial charge on any atom is -0.462 e. The van der Waals surface area contributed by atoms with Gasteiger partial charge in [0.25, 0.3) is 5.13 Å². The van der Waals surface area contributed by atoms with Gasteiger partial charge >= 0.3 is 19.7 Å². The number of pyridine rings is 1. The van der Waals surface area contributed by atoms with Gasteiger partial charge in [-0.05, 0) is 45.0 Å². The number of alkyl halides is 2. The lowest BCUT2D eigenvalue weighted by Crippen LogP contribution is -2.58. The SMILES string of the molecule is CC(C)OC(=O)[C@H](C)NP(=O)(OC[C@H]1O[C@@H](N2CCC(=O)NC2=O)[C@@](F)(Cl)[C@@H]1O)Oc1cccc2ncccc12. The summed E-state index contributed by atoms with van der Waals surface area (Å²) in [7, 11) is -4.46. The Morgan fingerprint density at radius 3 is 2.80 bits per heavy atom. The molecule has 3 heterocycles. The first kappa shape index (κ1) is 30.1. The van der Waals surface area contributed by atoms with Crippen molar-refractivity contribution in [1.82, 2.24) is 20.3 Å². The van der Waals surface area contributed by atoms with Crippen molar-refractivity contribution in [3.05, 3.63) is 36.5 Å². The van der Waals surface area contributed by atoms with Gasteiger partial charge in [-0.25, -0.2) is 13.8 Å². The van der Waals surface area contributed by atoms with Crippen molar-refractivity contribution in [2.24, 2.45) is 0 Å². The molecule has 0 spiro atoms. The predicted molar refractivity (Wildman–Crippen MR) is 139 cm³/mol. The number of fused-ring (bicyclic) bond motifs is 1. The lowest BCUT2D eigenvalue weighted by molar-refractivity contribution is -0.149. The van der Waals surface area contributed by atoms with E-state index < -0.39 is 68.0 Å². The van der Waals surface area contributed by atoms with Crippen molar-refractivity contribution in [2.45, 2.75) is 62.9 Å². The number of imide groups is 1. The zero-order chi connectivity index (χ0) is 29.2. The maximum atomic E-state index is 15.4. The number of aromatic nitrogens is 1. The second-order valence-electron chi connectivity index (χ2n) is 9.49. The lowest BCUT2D eigenvalue weighted by Gasteiger charge is -2.34. The highest BCUT2D eigenvalue weighted by atomic mass is 35.5. The summed E-state index contributed by atoms with van der Waals surface area (Å²) in [6, 6.07) is 6.02. The van der Waals surface area contributed by atoms with Gasteiger partial charge in [-0.3, -0.25) is 29.3 Å². The number of nitrogens with zero attached hydrogens (tertiary/aromatic N) is 2. The summed E-state index contributed by atoms with van der Waals surface area (Å²) in [5, 5.41) is 12.6. The Bertz CT molecular complexity index is 1330. The van der Waals surface area contributed by atoms with Gasteiger partial charge in [0.15, 0.2) is 6.23 Å². The number of benzene rings is 1. The third-order valence-corrected chi connectivity index (χ3v) is 8.08. The van der Waals surface area contributed by atoms with Crippen molar-refractivity contribution in [3.8, 4) is 5.75 Å². The third kappa shape index (κ3) is 6.54. The first-order valence-electron chi connectivity index (χ1n) is 12.4. The smallest absolute Gasteiger partial charge is 0.459 e. The van der Waals surface area contributed by atoms with Crippen LogP contribution < -0.4 is 14.9 Å². The molecule has 13 nitrogen and oxygen atoms in total. The molecular weight excluding hydrogens is 574 g/mol. The van der Waals surface area contributed by atoms with Gasteiger partial charge in [0.05, 0.1) is 18.2 Å². The van der Waals surface area contributed by atoms with Crippen LogP contribution >= 0.6 is 19.3 Å². The molecule has 0 bridgehead atoms. The number of hydrogen-bond donors (Lipinski definition) is 3. The van der Waals surface area contributed by atoms with Crippen LogP contribution in [-0.4, -0.2) is 81.8 Å². The van der Waals surface area contributed by atoms with E-state index in [9.17, 15) is 24.1 Å². The van der Waals surface area contributed by atoms with Gasteiger partial charge in [-0.2, -0.15) is 5.09 Å². The molecule has 6 atom stereocenters. The third-order valence-electron chi connectivity index (χ3n) is 6.04. The highest BCUT2D eigenvalue weighted by molar-refractivity contribution is 7.52. The van der Waals surface area contributed by atoms with Gasteiger partial charge in [0.2, 0.25) is 5.91 Å². The molecule has 3 N–H and O–H groups in total. The molecule has 1 aromatic heterocycles. The average molecular weight is 603 g/mol. The van der Waals surface area contributed by atoms with Crippen LogP contribution in [-0.2, 0) is 28.2 Å². The van der Waals surface area contributed by atoms with E-state index in [2.05, 4.69) is 10.1 Å². The molecule has 2 aromatic rings. The molecule has 0 saturated carbocycles. The van der Waals surface area contributed by atoms with Gasteiger partial charge in [-0.15, -0.1) is 0 Å². The minimum atomic E-state index is -4.46. The Balaban J connectivity index is 1.55. The van der Waals surface area contributed by atoms with Gasteiger partial charge in [0.1, 0.15) is 24.0 Å². The number of aliphatic hydroxyl groups excluding tert-OH is 1. The standard InChI is InChI=1S/C24H29ClFN4O9P/c1-13(2)37-21(33)14(3)29-40(35,39-17-8-4-7-16-15(17)6-5-10-27-16)36-12-18-20(32)24(25,26)22(38-18)30-11-9-19(31)28-23(30)34/h4-8,10,13-14,18,20,22,32H,9,11-12H2,1-3H3,(H,29,35)(H,28,31,34)/t14-,18+,20+,22+,24+,40?/m0/s1. The van der Waals surface area contributed by atoms with Gasteiger partial charge < -0.3 is 19.1 Å². The first-order valence-corrected chi connectivity index (χ1v) is 14.3. The van der Waals surface area contributed by atoms with Crippen LogP contribution in [0.1, 0.15) is 27.2 Å². The topological polar surface area (TPSA) is 166 Å². The lowest BCUT2D eigenvalue weighted by atomic mass is 10.1. The Kier molecular flexibility index (Phi) is 8.98. The molecule has 1 aromatic carbocycles. The number of nitrogens with one attached hydrogen (secondary N) is 2. The zero-order valence-electron chi connectivity index (χ0n) is 21.8. The Morgan fingerprint density at radius 2 is 2.10 bits per heavy atom. The van der Waals surface area contributed by atoms with Crippen LogP contribution in [0.4, 0.5) is 9.18 Å². The van der Waals surface area contributed by atoms with E-state index >= 15 is 4.39 Å². The van der Waals surface area contributed by atoms with Crippen molar-refractivity contribution in [1.29, 1.82) is 0 Å². The van der Waals surface area contributed by atoms with Crippen LogP contribution in [0.3, 0.4) is 0 Å².